The van der Waals surface area contributed by atoms with Crippen LogP contribution in [0.4, 0.5) is 5.69 Å². The number of hydrogen-bond acceptors (Lipinski definition) is 6. The van der Waals surface area contributed by atoms with Gasteiger partial charge in [-0.15, -0.1) is 9.81 Å². The highest BCUT2D eigenvalue weighted by Gasteiger charge is 2.18. The Morgan fingerprint density at radius 2 is 1.00 bits per heavy atom. The lowest BCUT2D eigenvalue weighted by atomic mass is 9.95. The molecule has 6 nitrogen and oxygen atoms in total. The molecule has 3 rings (SSSR count). The minimum atomic E-state index is -0.670. The molecule has 0 aromatic heterocycles. The van der Waals surface area contributed by atoms with Crippen molar-refractivity contribution < 1.29 is 5.21 Å². The fourth-order valence-electron chi connectivity index (χ4n) is 2.86. The first-order valence-corrected chi connectivity index (χ1v) is 8.06. The number of rotatable bonds is 7. The van der Waals surface area contributed by atoms with Crippen molar-refractivity contribution in [1.82, 2.24) is 0 Å². The van der Waals surface area contributed by atoms with Gasteiger partial charge in [0, 0.05) is 0 Å². The number of hydrogen-bond donors (Lipinski definition) is 2. The molecular formula is C20H17N3O3. The van der Waals surface area contributed by atoms with E-state index in [0.29, 0.717) is 16.8 Å². The molecule has 0 aliphatic rings. The Morgan fingerprint density at radius 3 is 1.38 bits per heavy atom. The second-order valence-electron chi connectivity index (χ2n) is 5.83. The van der Waals surface area contributed by atoms with Gasteiger partial charge in [0.1, 0.15) is 12.1 Å². The molecule has 0 aliphatic heterocycles. The third-order valence-electron chi connectivity index (χ3n) is 4.25. The summed E-state index contributed by atoms with van der Waals surface area (Å²) in [5.74, 6) is 0. The van der Waals surface area contributed by atoms with Gasteiger partial charge >= 0.3 is 0 Å². The third kappa shape index (κ3) is 3.65. The Morgan fingerprint density at radius 1 is 0.615 bits per heavy atom. The van der Waals surface area contributed by atoms with Gasteiger partial charge in [-0.25, -0.2) is 0 Å². The molecule has 2 unspecified atom stereocenters. The highest BCUT2D eigenvalue weighted by molar-refractivity contribution is 5.45. The molecule has 2 N–H and O–H groups in total. The first kappa shape index (κ1) is 17.4. The quantitative estimate of drug-likeness (QED) is 0.454. The number of anilines is 1. The van der Waals surface area contributed by atoms with Crippen molar-refractivity contribution >= 4 is 5.69 Å². The SMILES string of the molecule is O=NC(c1ccccc1)c1ccc(C(N=O)c2ccc(NO)cc2)cc1. The zero-order chi connectivity index (χ0) is 18.4. The fraction of sp³-hybridized carbons (Fsp3) is 0.100. The molecule has 0 aliphatic carbocycles. The summed E-state index contributed by atoms with van der Waals surface area (Å²) in [7, 11) is 0. The van der Waals surface area contributed by atoms with Crippen LogP contribution in [0, 0.1) is 9.81 Å². The summed E-state index contributed by atoms with van der Waals surface area (Å²) in [5.41, 5.74) is 5.55. The normalized spacial score (nSPS) is 12.8. The maximum Gasteiger partial charge on any atom is 0.142 e. The van der Waals surface area contributed by atoms with Crippen LogP contribution in [0.25, 0.3) is 0 Å². The van der Waals surface area contributed by atoms with Gasteiger partial charge in [0.05, 0.1) is 5.69 Å². The van der Waals surface area contributed by atoms with E-state index in [0.717, 1.165) is 11.1 Å². The largest absolute Gasteiger partial charge is 0.291 e. The van der Waals surface area contributed by atoms with Gasteiger partial charge in [0.15, 0.2) is 0 Å². The van der Waals surface area contributed by atoms with Crippen molar-refractivity contribution in [3.63, 3.8) is 0 Å². The van der Waals surface area contributed by atoms with Gasteiger partial charge in [0.25, 0.3) is 0 Å². The second-order valence-corrected chi connectivity index (χ2v) is 5.83. The monoisotopic (exact) mass is 347 g/mol. The summed E-state index contributed by atoms with van der Waals surface area (Å²) in [6.45, 7) is 0. The summed E-state index contributed by atoms with van der Waals surface area (Å²) in [5, 5.41) is 15.3. The van der Waals surface area contributed by atoms with Crippen molar-refractivity contribution in [2.24, 2.45) is 10.4 Å². The van der Waals surface area contributed by atoms with Crippen LogP contribution >= 0.6 is 0 Å². The summed E-state index contributed by atoms with van der Waals surface area (Å²) in [6.07, 6.45) is 0. The molecular weight excluding hydrogens is 330 g/mol. The van der Waals surface area contributed by atoms with Crippen molar-refractivity contribution in [3.8, 4) is 0 Å². The van der Waals surface area contributed by atoms with E-state index < -0.39 is 12.1 Å². The topological polar surface area (TPSA) is 91.1 Å². The second kappa shape index (κ2) is 8.13. The molecule has 2 atom stereocenters. The predicted octanol–water partition coefficient (Wildman–Crippen LogP) is 5.20. The van der Waals surface area contributed by atoms with Crippen LogP contribution < -0.4 is 5.48 Å². The molecule has 0 amide bonds. The Hall–Kier alpha value is -3.38. The van der Waals surface area contributed by atoms with Crippen molar-refractivity contribution in [3.05, 3.63) is 111 Å². The lowest BCUT2D eigenvalue weighted by Gasteiger charge is -2.13. The van der Waals surface area contributed by atoms with Crippen LogP contribution in [-0.4, -0.2) is 5.21 Å². The summed E-state index contributed by atoms with van der Waals surface area (Å²) in [4.78, 5) is 22.7. The highest BCUT2D eigenvalue weighted by atomic mass is 16.5. The maximum absolute atomic E-state index is 11.4. The Kier molecular flexibility index (Phi) is 5.46. The molecule has 0 saturated carbocycles. The molecule has 3 aromatic rings. The first-order valence-electron chi connectivity index (χ1n) is 8.06. The molecule has 3 aromatic carbocycles. The Balaban J connectivity index is 1.87. The summed E-state index contributed by atoms with van der Waals surface area (Å²) in [6, 6.07) is 21.9. The minimum absolute atomic E-state index is 0.525. The standard InChI is InChI=1S/C20H17N3O3/c24-21-18-12-10-17(11-13-18)20(23-26)16-8-6-15(7-9-16)19(22-25)14-4-2-1-3-5-14/h1-13,19-21,24H. The van der Waals surface area contributed by atoms with E-state index in [-0.39, 0.29) is 0 Å². The molecule has 0 radical (unpaired) electrons. The smallest absolute Gasteiger partial charge is 0.142 e. The first-order chi connectivity index (χ1) is 12.8. The van der Waals surface area contributed by atoms with E-state index in [1.165, 1.54) is 0 Å². The number of nitrogens with zero attached hydrogens (tertiary/aromatic N) is 2. The molecule has 0 heterocycles. The van der Waals surface area contributed by atoms with Gasteiger partial charge in [-0.1, -0.05) is 77.1 Å². The fourth-order valence-corrected chi connectivity index (χ4v) is 2.86. The van der Waals surface area contributed by atoms with Gasteiger partial charge in [0.2, 0.25) is 0 Å². The van der Waals surface area contributed by atoms with Gasteiger partial charge in [-0.05, 0) is 34.4 Å². The molecule has 0 saturated heterocycles. The van der Waals surface area contributed by atoms with E-state index >= 15 is 0 Å². The molecule has 26 heavy (non-hydrogen) atoms. The van der Waals surface area contributed by atoms with Gasteiger partial charge < -0.3 is 0 Å². The highest BCUT2D eigenvalue weighted by Crippen LogP contribution is 2.30. The van der Waals surface area contributed by atoms with Crippen molar-refractivity contribution in [1.29, 1.82) is 0 Å². The predicted molar refractivity (Wildman–Crippen MR) is 100 cm³/mol. The van der Waals surface area contributed by atoms with E-state index in [4.69, 9.17) is 5.21 Å². The average Bonchev–Trinajstić information content (AvgIpc) is 2.71. The Labute approximate surface area is 150 Å². The average molecular weight is 347 g/mol. The van der Waals surface area contributed by atoms with Crippen molar-refractivity contribution in [2.75, 3.05) is 5.48 Å². The molecule has 0 spiro atoms. The van der Waals surface area contributed by atoms with Crippen LogP contribution in [0.5, 0.6) is 0 Å². The molecule has 6 heteroatoms. The van der Waals surface area contributed by atoms with Crippen LogP contribution in [-0.2, 0) is 0 Å². The van der Waals surface area contributed by atoms with Gasteiger partial charge in [-0.3, -0.25) is 10.7 Å². The van der Waals surface area contributed by atoms with Crippen LogP contribution in [0.15, 0.2) is 89.2 Å². The van der Waals surface area contributed by atoms with E-state index in [1.807, 2.05) is 35.8 Å². The zero-order valence-electron chi connectivity index (χ0n) is 13.8. The van der Waals surface area contributed by atoms with Crippen LogP contribution in [0.2, 0.25) is 0 Å². The van der Waals surface area contributed by atoms with Crippen LogP contribution in [0.3, 0.4) is 0 Å². The number of nitroso groups, excluding NO2 is 2. The number of nitrogens with one attached hydrogen (secondary N) is 1. The van der Waals surface area contributed by atoms with Gasteiger partial charge in [-0.2, -0.15) is 0 Å². The maximum atomic E-state index is 11.4. The summed E-state index contributed by atoms with van der Waals surface area (Å²) < 4.78 is 0. The molecule has 130 valence electrons. The lowest BCUT2D eigenvalue weighted by molar-refractivity contribution is 0.389. The minimum Gasteiger partial charge on any atom is -0.291 e. The zero-order valence-corrected chi connectivity index (χ0v) is 13.8. The third-order valence-corrected chi connectivity index (χ3v) is 4.25. The van der Waals surface area contributed by atoms with E-state index in [1.54, 1.807) is 48.5 Å². The van der Waals surface area contributed by atoms with Crippen molar-refractivity contribution in [2.45, 2.75) is 12.1 Å². The lowest BCUT2D eigenvalue weighted by Crippen LogP contribution is -2.01. The van der Waals surface area contributed by atoms with E-state index in [2.05, 4.69) is 10.4 Å². The van der Waals surface area contributed by atoms with Crippen LogP contribution in [0.1, 0.15) is 34.3 Å². The Bertz CT molecular complexity index is 865. The summed E-state index contributed by atoms with van der Waals surface area (Å²) >= 11 is 0. The number of benzene rings is 3. The molecule has 0 fully saturated rings. The van der Waals surface area contributed by atoms with E-state index in [9.17, 15) is 9.81 Å². The molecule has 0 bridgehead atoms.